The highest BCUT2D eigenvalue weighted by atomic mass is 35.5. The van der Waals surface area contributed by atoms with Crippen LogP contribution < -0.4 is 5.32 Å². The third-order valence-corrected chi connectivity index (χ3v) is 4.07. The SMILES string of the molecule is Cl.O=C(O)/C=C/c1cnc2c(c1)CN(CCN1CCOCC1)C(=O)N2. The Morgan fingerprint density at radius 1 is 1.36 bits per heavy atom. The molecule has 25 heavy (non-hydrogen) atoms. The maximum absolute atomic E-state index is 12.2. The molecule has 136 valence electrons. The molecule has 0 spiro atoms. The molecule has 3 rings (SSSR count). The van der Waals surface area contributed by atoms with Crippen LogP contribution in [0.1, 0.15) is 11.1 Å². The summed E-state index contributed by atoms with van der Waals surface area (Å²) in [7, 11) is 0. The lowest BCUT2D eigenvalue weighted by atomic mass is 10.1. The topological polar surface area (TPSA) is 95.0 Å². The van der Waals surface area contributed by atoms with Crippen molar-refractivity contribution in [2.45, 2.75) is 6.54 Å². The number of nitrogens with zero attached hydrogens (tertiary/aromatic N) is 3. The van der Waals surface area contributed by atoms with Crippen molar-refractivity contribution in [2.75, 3.05) is 44.7 Å². The highest BCUT2D eigenvalue weighted by Crippen LogP contribution is 2.22. The molecule has 2 aliphatic heterocycles. The summed E-state index contributed by atoms with van der Waals surface area (Å²) in [6, 6.07) is 1.69. The van der Waals surface area contributed by atoms with Crippen LogP contribution in [0.2, 0.25) is 0 Å². The van der Waals surface area contributed by atoms with Gasteiger partial charge in [-0.05, 0) is 17.7 Å². The molecule has 0 saturated carbocycles. The molecule has 3 heterocycles. The molecule has 0 aliphatic carbocycles. The van der Waals surface area contributed by atoms with Crippen LogP contribution in [0.3, 0.4) is 0 Å². The molecule has 2 amide bonds. The second-order valence-corrected chi connectivity index (χ2v) is 5.75. The summed E-state index contributed by atoms with van der Waals surface area (Å²) in [6.45, 7) is 5.14. The van der Waals surface area contributed by atoms with Gasteiger partial charge >= 0.3 is 12.0 Å². The van der Waals surface area contributed by atoms with Gasteiger partial charge in [-0.25, -0.2) is 14.6 Å². The first kappa shape index (κ1) is 19.2. The average Bonchev–Trinajstić information content (AvgIpc) is 2.59. The third kappa shape index (κ3) is 5.15. The Kier molecular flexibility index (Phi) is 6.74. The fourth-order valence-corrected chi connectivity index (χ4v) is 2.75. The van der Waals surface area contributed by atoms with Gasteiger partial charge in [0.05, 0.1) is 19.8 Å². The van der Waals surface area contributed by atoms with Crippen molar-refractivity contribution in [1.29, 1.82) is 0 Å². The number of carbonyl (C=O) groups is 2. The van der Waals surface area contributed by atoms with E-state index in [1.165, 1.54) is 6.08 Å². The van der Waals surface area contributed by atoms with Crippen LogP contribution in [-0.4, -0.2) is 71.3 Å². The van der Waals surface area contributed by atoms with Crippen molar-refractivity contribution < 1.29 is 19.4 Å². The standard InChI is InChI=1S/C16H20N4O4.ClH/c21-14(22)2-1-12-9-13-11-20(16(23)18-15(13)17-10-12)4-3-19-5-7-24-8-6-19;/h1-2,9-10H,3-8,11H2,(H,21,22)(H,17,18,23);1H/b2-1+;. The number of hydrogen-bond donors (Lipinski definition) is 2. The summed E-state index contributed by atoms with van der Waals surface area (Å²) in [4.78, 5) is 31.0. The van der Waals surface area contributed by atoms with Gasteiger partial charge in [0.1, 0.15) is 5.82 Å². The van der Waals surface area contributed by atoms with Crippen LogP contribution in [-0.2, 0) is 16.1 Å². The van der Waals surface area contributed by atoms with E-state index < -0.39 is 5.97 Å². The zero-order valence-corrected chi connectivity index (χ0v) is 14.5. The van der Waals surface area contributed by atoms with Gasteiger partial charge < -0.3 is 14.7 Å². The zero-order chi connectivity index (χ0) is 16.9. The number of aromatic nitrogens is 1. The van der Waals surface area contributed by atoms with E-state index in [1.807, 2.05) is 6.07 Å². The van der Waals surface area contributed by atoms with Gasteiger partial charge in [-0.15, -0.1) is 12.4 Å². The molecule has 0 aromatic carbocycles. The second kappa shape index (κ2) is 8.80. The smallest absolute Gasteiger partial charge is 0.328 e. The van der Waals surface area contributed by atoms with E-state index in [4.69, 9.17) is 9.84 Å². The minimum Gasteiger partial charge on any atom is -0.478 e. The molecule has 0 unspecified atom stereocenters. The molecule has 0 atom stereocenters. The Hall–Kier alpha value is -2.16. The number of carbonyl (C=O) groups excluding carboxylic acids is 1. The normalized spacial score (nSPS) is 17.8. The van der Waals surface area contributed by atoms with E-state index in [1.54, 1.807) is 11.1 Å². The first-order chi connectivity index (χ1) is 11.6. The summed E-state index contributed by atoms with van der Waals surface area (Å²) >= 11 is 0. The number of hydrogen-bond acceptors (Lipinski definition) is 5. The molecule has 1 fully saturated rings. The first-order valence-electron chi connectivity index (χ1n) is 7.88. The van der Waals surface area contributed by atoms with Gasteiger partial charge in [0, 0.05) is 44.0 Å². The Morgan fingerprint density at radius 3 is 2.84 bits per heavy atom. The molecule has 1 aromatic rings. The number of carboxylic acid groups (broad SMARTS) is 1. The van der Waals surface area contributed by atoms with Gasteiger partial charge in [0.25, 0.3) is 0 Å². The predicted molar refractivity (Wildman–Crippen MR) is 94.8 cm³/mol. The molecule has 0 radical (unpaired) electrons. The maximum atomic E-state index is 12.2. The van der Waals surface area contributed by atoms with Crippen molar-refractivity contribution in [3.8, 4) is 0 Å². The number of carboxylic acids is 1. The fraction of sp³-hybridized carbons (Fsp3) is 0.438. The summed E-state index contributed by atoms with van der Waals surface area (Å²) in [5.74, 6) is -0.469. The molecule has 8 nitrogen and oxygen atoms in total. The number of urea groups is 1. The quantitative estimate of drug-likeness (QED) is 0.760. The monoisotopic (exact) mass is 368 g/mol. The number of morpholine rings is 1. The summed E-state index contributed by atoms with van der Waals surface area (Å²) < 4.78 is 5.32. The lowest BCUT2D eigenvalue weighted by molar-refractivity contribution is -0.131. The summed E-state index contributed by atoms with van der Waals surface area (Å²) in [5.41, 5.74) is 1.57. The van der Waals surface area contributed by atoms with Gasteiger partial charge in [0.15, 0.2) is 0 Å². The predicted octanol–water partition coefficient (Wildman–Crippen LogP) is 1.28. The number of amides is 2. The van der Waals surface area contributed by atoms with Gasteiger partial charge in [-0.3, -0.25) is 10.2 Å². The molecular formula is C16H21ClN4O4. The molecule has 2 N–H and O–H groups in total. The molecule has 1 aromatic heterocycles. The first-order valence-corrected chi connectivity index (χ1v) is 7.88. The fourth-order valence-electron chi connectivity index (χ4n) is 2.75. The number of ether oxygens (including phenoxy) is 1. The van der Waals surface area contributed by atoms with Crippen molar-refractivity contribution in [3.05, 3.63) is 29.5 Å². The lowest BCUT2D eigenvalue weighted by Crippen LogP contribution is -2.45. The third-order valence-electron chi connectivity index (χ3n) is 4.07. The molecular weight excluding hydrogens is 348 g/mol. The van der Waals surface area contributed by atoms with Crippen LogP contribution in [0.4, 0.5) is 10.6 Å². The molecule has 9 heteroatoms. The van der Waals surface area contributed by atoms with Crippen molar-refractivity contribution in [3.63, 3.8) is 0 Å². The highest BCUT2D eigenvalue weighted by Gasteiger charge is 2.24. The number of anilines is 1. The maximum Gasteiger partial charge on any atom is 0.328 e. The number of fused-ring (bicyclic) bond motifs is 1. The van der Waals surface area contributed by atoms with Crippen LogP contribution >= 0.6 is 12.4 Å². The Morgan fingerprint density at radius 2 is 2.12 bits per heavy atom. The van der Waals surface area contributed by atoms with E-state index >= 15 is 0 Å². The number of nitrogens with one attached hydrogen (secondary N) is 1. The van der Waals surface area contributed by atoms with Crippen LogP contribution in [0, 0.1) is 0 Å². The van der Waals surface area contributed by atoms with Gasteiger partial charge in [0.2, 0.25) is 0 Å². The molecule has 0 bridgehead atoms. The van der Waals surface area contributed by atoms with Gasteiger partial charge in [-0.2, -0.15) is 0 Å². The van der Waals surface area contributed by atoms with E-state index in [2.05, 4.69) is 15.2 Å². The minimum absolute atomic E-state index is 0. The van der Waals surface area contributed by atoms with Crippen molar-refractivity contribution >= 4 is 36.3 Å². The van der Waals surface area contributed by atoms with Gasteiger partial charge in [-0.1, -0.05) is 0 Å². The van der Waals surface area contributed by atoms with E-state index in [0.29, 0.717) is 24.5 Å². The van der Waals surface area contributed by atoms with Crippen molar-refractivity contribution in [1.82, 2.24) is 14.8 Å². The Balaban J connectivity index is 0.00000225. The average molecular weight is 369 g/mol. The highest BCUT2D eigenvalue weighted by molar-refractivity contribution is 5.91. The Labute approximate surface area is 151 Å². The summed E-state index contributed by atoms with van der Waals surface area (Å²) in [5, 5.41) is 11.5. The molecule has 1 saturated heterocycles. The zero-order valence-electron chi connectivity index (χ0n) is 13.7. The van der Waals surface area contributed by atoms with Crippen LogP contribution in [0.5, 0.6) is 0 Å². The van der Waals surface area contributed by atoms with E-state index in [0.717, 1.165) is 44.5 Å². The number of pyridine rings is 1. The molecule has 2 aliphatic rings. The summed E-state index contributed by atoms with van der Waals surface area (Å²) in [6.07, 6.45) is 4.10. The largest absolute Gasteiger partial charge is 0.478 e. The second-order valence-electron chi connectivity index (χ2n) is 5.75. The number of rotatable bonds is 5. The lowest BCUT2D eigenvalue weighted by Gasteiger charge is -2.32. The van der Waals surface area contributed by atoms with Crippen LogP contribution in [0.25, 0.3) is 6.08 Å². The Bertz CT molecular complexity index is 662. The van der Waals surface area contributed by atoms with E-state index in [-0.39, 0.29) is 18.4 Å². The van der Waals surface area contributed by atoms with E-state index in [9.17, 15) is 9.59 Å². The number of aliphatic carboxylic acids is 1. The number of halogens is 1. The van der Waals surface area contributed by atoms with Crippen molar-refractivity contribution in [2.24, 2.45) is 0 Å². The minimum atomic E-state index is -1.01. The van der Waals surface area contributed by atoms with Crippen LogP contribution in [0.15, 0.2) is 18.3 Å².